The molecule has 0 aliphatic carbocycles. The molecule has 0 saturated heterocycles. The van der Waals surface area contributed by atoms with Gasteiger partial charge in [0.25, 0.3) is 0 Å². The number of alkyl halides is 3. The van der Waals surface area contributed by atoms with Crippen molar-refractivity contribution in [3.63, 3.8) is 0 Å². The van der Waals surface area contributed by atoms with Gasteiger partial charge in [-0.15, -0.1) is 0 Å². The lowest BCUT2D eigenvalue weighted by Gasteiger charge is -2.15. The van der Waals surface area contributed by atoms with Crippen LogP contribution in [0.1, 0.15) is 26.2 Å². The molecule has 3 N–H and O–H groups in total. The van der Waals surface area contributed by atoms with E-state index in [-0.39, 0.29) is 24.4 Å². The van der Waals surface area contributed by atoms with Crippen molar-refractivity contribution in [3.8, 4) is 0 Å². The van der Waals surface area contributed by atoms with Crippen LogP contribution in [0.4, 0.5) is 13.2 Å². The molecule has 0 aliphatic rings. The summed E-state index contributed by atoms with van der Waals surface area (Å²) in [6.45, 7) is 1.31. The van der Waals surface area contributed by atoms with E-state index in [0.717, 1.165) is 0 Å². The Hall–Kier alpha value is -0.410. The minimum atomic E-state index is -4.28. The summed E-state index contributed by atoms with van der Waals surface area (Å²) in [7, 11) is -3.77. The number of sulfonamides is 1. The molecule has 0 bridgehead atoms. The SMILES string of the molecule is CCC(C(N)=S)S(=O)(=O)NCCCC(F)(F)F. The zero-order valence-electron chi connectivity index (χ0n) is 9.25. The summed E-state index contributed by atoms with van der Waals surface area (Å²) < 4.78 is 60.6. The zero-order chi connectivity index (χ0) is 13.7. The summed E-state index contributed by atoms with van der Waals surface area (Å²) in [6.07, 6.45) is -5.43. The molecular formula is C8H15F3N2O2S2. The zero-order valence-corrected chi connectivity index (χ0v) is 10.9. The number of rotatable bonds is 7. The molecule has 0 amide bonds. The first-order valence-electron chi connectivity index (χ1n) is 4.94. The number of halogens is 3. The summed E-state index contributed by atoms with van der Waals surface area (Å²) >= 11 is 4.58. The molecule has 1 atom stereocenters. The molecule has 1 unspecified atom stereocenters. The lowest BCUT2D eigenvalue weighted by molar-refractivity contribution is -0.135. The van der Waals surface area contributed by atoms with Crippen LogP contribution in [-0.2, 0) is 10.0 Å². The topological polar surface area (TPSA) is 72.2 Å². The molecule has 0 aromatic carbocycles. The Labute approximate surface area is 104 Å². The Morgan fingerprint density at radius 1 is 1.47 bits per heavy atom. The molecule has 0 radical (unpaired) electrons. The molecule has 0 fully saturated rings. The summed E-state index contributed by atoms with van der Waals surface area (Å²) in [6, 6.07) is 0. The van der Waals surface area contributed by atoms with Gasteiger partial charge in [0, 0.05) is 13.0 Å². The normalized spacial score (nSPS) is 14.6. The van der Waals surface area contributed by atoms with E-state index >= 15 is 0 Å². The highest BCUT2D eigenvalue weighted by Gasteiger charge is 2.28. The quantitative estimate of drug-likeness (QED) is 0.548. The van der Waals surface area contributed by atoms with Crippen molar-refractivity contribution in [2.24, 2.45) is 5.73 Å². The fourth-order valence-corrected chi connectivity index (χ4v) is 3.10. The smallest absolute Gasteiger partial charge is 0.389 e. The van der Waals surface area contributed by atoms with E-state index < -0.39 is 27.9 Å². The van der Waals surface area contributed by atoms with Gasteiger partial charge >= 0.3 is 6.18 Å². The first-order chi connectivity index (χ1) is 7.60. The second kappa shape index (κ2) is 6.50. The van der Waals surface area contributed by atoms with Crippen LogP contribution >= 0.6 is 12.2 Å². The Balaban J connectivity index is 4.24. The van der Waals surface area contributed by atoms with E-state index in [2.05, 4.69) is 16.9 Å². The number of hydrogen-bond acceptors (Lipinski definition) is 3. The maximum absolute atomic E-state index is 11.8. The molecule has 4 nitrogen and oxygen atoms in total. The van der Waals surface area contributed by atoms with Crippen molar-refractivity contribution in [2.75, 3.05) is 6.54 Å². The number of nitrogens with two attached hydrogens (primary N) is 1. The summed E-state index contributed by atoms with van der Waals surface area (Å²) in [4.78, 5) is -0.184. The van der Waals surface area contributed by atoms with Crippen molar-refractivity contribution in [2.45, 2.75) is 37.6 Å². The van der Waals surface area contributed by atoms with Crippen LogP contribution in [0, 0.1) is 0 Å². The molecule has 0 rings (SSSR count). The van der Waals surface area contributed by atoms with E-state index in [0.29, 0.717) is 0 Å². The van der Waals surface area contributed by atoms with E-state index in [1.165, 1.54) is 0 Å². The van der Waals surface area contributed by atoms with E-state index in [4.69, 9.17) is 5.73 Å². The van der Waals surface area contributed by atoms with Gasteiger partial charge in [-0.2, -0.15) is 13.2 Å². The predicted octanol–water partition coefficient (Wildman–Crippen LogP) is 1.31. The Bertz CT molecular complexity index is 354. The van der Waals surface area contributed by atoms with Crippen molar-refractivity contribution in [1.82, 2.24) is 4.72 Å². The van der Waals surface area contributed by atoms with Crippen molar-refractivity contribution in [1.29, 1.82) is 0 Å². The van der Waals surface area contributed by atoms with Gasteiger partial charge in [-0.1, -0.05) is 19.1 Å². The van der Waals surface area contributed by atoms with Crippen LogP contribution in [0.3, 0.4) is 0 Å². The van der Waals surface area contributed by atoms with Gasteiger partial charge in [0.1, 0.15) is 5.25 Å². The van der Waals surface area contributed by atoms with Crippen LogP contribution in [-0.4, -0.2) is 31.4 Å². The lowest BCUT2D eigenvalue weighted by atomic mass is 10.3. The van der Waals surface area contributed by atoms with Crippen molar-refractivity contribution in [3.05, 3.63) is 0 Å². The summed E-state index contributed by atoms with van der Waals surface area (Å²) in [5.41, 5.74) is 5.24. The van der Waals surface area contributed by atoms with E-state index in [9.17, 15) is 21.6 Å². The average Bonchev–Trinajstić information content (AvgIpc) is 2.11. The fraction of sp³-hybridized carbons (Fsp3) is 0.875. The molecule has 0 aromatic heterocycles. The molecular weight excluding hydrogens is 277 g/mol. The molecule has 9 heteroatoms. The van der Waals surface area contributed by atoms with Crippen LogP contribution < -0.4 is 10.5 Å². The van der Waals surface area contributed by atoms with Gasteiger partial charge in [0.15, 0.2) is 0 Å². The highest BCUT2D eigenvalue weighted by Crippen LogP contribution is 2.20. The largest absolute Gasteiger partial charge is 0.392 e. The van der Waals surface area contributed by atoms with Crippen molar-refractivity contribution < 1.29 is 21.6 Å². The van der Waals surface area contributed by atoms with Gasteiger partial charge in [-0.25, -0.2) is 13.1 Å². The molecule has 0 spiro atoms. The predicted molar refractivity (Wildman–Crippen MR) is 63.1 cm³/mol. The third-order valence-corrected chi connectivity index (χ3v) is 4.38. The molecule has 0 aliphatic heterocycles. The second-order valence-electron chi connectivity index (χ2n) is 3.46. The van der Waals surface area contributed by atoms with Crippen LogP contribution in [0.5, 0.6) is 0 Å². The first-order valence-corrected chi connectivity index (χ1v) is 6.90. The summed E-state index contributed by atoms with van der Waals surface area (Å²) in [5.74, 6) is 0. The van der Waals surface area contributed by atoms with Gasteiger partial charge in [0.2, 0.25) is 10.0 Å². The standard InChI is InChI=1S/C8H15F3N2O2S2/c1-2-6(7(12)16)17(14,15)13-5-3-4-8(9,10)11/h6,13H,2-5H2,1H3,(H2,12,16). The highest BCUT2D eigenvalue weighted by molar-refractivity contribution is 7.93. The minimum absolute atomic E-state index is 0.184. The summed E-state index contributed by atoms with van der Waals surface area (Å²) in [5, 5.41) is -1.04. The van der Waals surface area contributed by atoms with Crippen LogP contribution in [0.2, 0.25) is 0 Å². The van der Waals surface area contributed by atoms with Gasteiger partial charge in [-0.05, 0) is 12.8 Å². The number of thiocarbonyl (C=S) groups is 1. The number of nitrogens with one attached hydrogen (secondary N) is 1. The van der Waals surface area contributed by atoms with E-state index in [1.807, 2.05) is 0 Å². The molecule has 0 saturated carbocycles. The average molecular weight is 292 g/mol. The molecule has 102 valence electrons. The van der Waals surface area contributed by atoms with Gasteiger partial charge < -0.3 is 5.73 Å². The molecule has 17 heavy (non-hydrogen) atoms. The fourth-order valence-electron chi connectivity index (χ4n) is 1.18. The monoisotopic (exact) mass is 292 g/mol. The van der Waals surface area contributed by atoms with Crippen molar-refractivity contribution >= 4 is 27.2 Å². The number of hydrogen-bond donors (Lipinski definition) is 2. The Morgan fingerprint density at radius 2 is 2.00 bits per heavy atom. The Kier molecular flexibility index (Phi) is 6.35. The first kappa shape index (κ1) is 16.6. The minimum Gasteiger partial charge on any atom is -0.392 e. The van der Waals surface area contributed by atoms with E-state index in [1.54, 1.807) is 6.92 Å². The maximum Gasteiger partial charge on any atom is 0.389 e. The van der Waals surface area contributed by atoms with Gasteiger partial charge in [0.05, 0.1) is 4.99 Å². The van der Waals surface area contributed by atoms with Crippen LogP contribution in [0.25, 0.3) is 0 Å². The molecule has 0 aromatic rings. The highest BCUT2D eigenvalue weighted by atomic mass is 32.2. The maximum atomic E-state index is 11.8. The Morgan fingerprint density at radius 3 is 2.35 bits per heavy atom. The third kappa shape index (κ3) is 6.79. The molecule has 0 heterocycles. The second-order valence-corrected chi connectivity index (χ2v) is 5.88. The lowest BCUT2D eigenvalue weighted by Crippen LogP contribution is -2.42. The third-order valence-electron chi connectivity index (χ3n) is 2.00. The van der Waals surface area contributed by atoms with Gasteiger partial charge in [-0.3, -0.25) is 0 Å². The van der Waals surface area contributed by atoms with Crippen LogP contribution in [0.15, 0.2) is 0 Å².